The highest BCUT2D eigenvalue weighted by molar-refractivity contribution is 5.97. The summed E-state index contributed by atoms with van der Waals surface area (Å²) in [5, 5.41) is 4.02. The van der Waals surface area contributed by atoms with Gasteiger partial charge in [-0.05, 0) is 42.0 Å². The van der Waals surface area contributed by atoms with Crippen molar-refractivity contribution in [2.75, 3.05) is 12.3 Å². The van der Waals surface area contributed by atoms with E-state index < -0.39 is 23.8 Å². The van der Waals surface area contributed by atoms with E-state index in [4.69, 9.17) is 5.73 Å². The summed E-state index contributed by atoms with van der Waals surface area (Å²) in [6, 6.07) is 7.87. The molecule has 2 N–H and O–H groups in total. The van der Waals surface area contributed by atoms with Crippen molar-refractivity contribution in [1.82, 2.24) is 24.5 Å². The number of fused-ring (bicyclic) bond motifs is 2. The number of nitrogens with zero attached hydrogens (tertiary/aromatic N) is 5. The molecule has 0 unspecified atom stereocenters. The Morgan fingerprint density at radius 2 is 1.94 bits per heavy atom. The Balaban J connectivity index is 1.44. The zero-order valence-corrected chi connectivity index (χ0v) is 17.4. The third kappa shape index (κ3) is 4.21. The van der Waals surface area contributed by atoms with Crippen molar-refractivity contribution >= 4 is 17.5 Å². The Morgan fingerprint density at radius 1 is 1.12 bits per heavy atom. The molecule has 4 heterocycles. The summed E-state index contributed by atoms with van der Waals surface area (Å²) in [5.74, 6) is -1.59. The first-order valence-electron chi connectivity index (χ1n) is 10.1. The molecule has 0 saturated carbocycles. The van der Waals surface area contributed by atoms with Gasteiger partial charge in [-0.25, -0.2) is 8.91 Å². The Hall–Kier alpha value is -4.22. The van der Waals surface area contributed by atoms with Gasteiger partial charge in [0.15, 0.2) is 5.65 Å². The SMILES string of the molecule is Nc1nc2cc(-c3cnc4c(c3)C(=O)N(Cc3cc(F)ccc3OC(F)(F)F)CC4)ccn2n1. The highest BCUT2D eigenvalue weighted by Gasteiger charge is 2.33. The minimum absolute atomic E-state index is 0.0897. The summed E-state index contributed by atoms with van der Waals surface area (Å²) >= 11 is 0. The van der Waals surface area contributed by atoms with E-state index in [-0.39, 0.29) is 24.6 Å². The number of pyridine rings is 2. The van der Waals surface area contributed by atoms with Gasteiger partial charge in [-0.15, -0.1) is 18.3 Å². The first-order chi connectivity index (χ1) is 16.2. The molecule has 0 bridgehead atoms. The number of halogens is 4. The van der Waals surface area contributed by atoms with Crippen molar-refractivity contribution in [3.63, 3.8) is 0 Å². The number of nitrogen functional groups attached to an aromatic ring is 1. The van der Waals surface area contributed by atoms with Crippen LogP contribution in [0.2, 0.25) is 0 Å². The zero-order chi connectivity index (χ0) is 24.0. The third-order valence-corrected chi connectivity index (χ3v) is 5.40. The molecule has 3 aromatic heterocycles. The lowest BCUT2D eigenvalue weighted by Gasteiger charge is -2.29. The number of nitrogens with two attached hydrogens (primary N) is 1. The van der Waals surface area contributed by atoms with Crippen molar-refractivity contribution in [2.45, 2.75) is 19.3 Å². The molecule has 34 heavy (non-hydrogen) atoms. The van der Waals surface area contributed by atoms with Crippen LogP contribution in [0.4, 0.5) is 23.5 Å². The van der Waals surface area contributed by atoms with Gasteiger partial charge >= 0.3 is 6.36 Å². The van der Waals surface area contributed by atoms with Gasteiger partial charge in [-0.3, -0.25) is 9.78 Å². The summed E-state index contributed by atoms with van der Waals surface area (Å²) in [7, 11) is 0. The Labute approximate surface area is 189 Å². The second-order valence-corrected chi connectivity index (χ2v) is 7.68. The Kier molecular flexibility index (Phi) is 5.07. The second-order valence-electron chi connectivity index (χ2n) is 7.68. The first-order valence-corrected chi connectivity index (χ1v) is 10.1. The fourth-order valence-electron chi connectivity index (χ4n) is 3.88. The fraction of sp³-hybridized carbons (Fsp3) is 0.182. The van der Waals surface area contributed by atoms with Crippen LogP contribution in [0.3, 0.4) is 0 Å². The van der Waals surface area contributed by atoms with Crippen LogP contribution in [0, 0.1) is 5.82 Å². The molecule has 0 fully saturated rings. The van der Waals surface area contributed by atoms with Crippen LogP contribution in [0.15, 0.2) is 48.8 Å². The van der Waals surface area contributed by atoms with Crippen LogP contribution in [0.25, 0.3) is 16.8 Å². The van der Waals surface area contributed by atoms with Crippen LogP contribution < -0.4 is 10.5 Å². The average Bonchev–Trinajstić information content (AvgIpc) is 3.16. The molecule has 0 atom stereocenters. The summed E-state index contributed by atoms with van der Waals surface area (Å²) in [5.41, 5.74) is 8.31. The molecule has 1 aliphatic rings. The second kappa shape index (κ2) is 7.97. The van der Waals surface area contributed by atoms with E-state index in [1.807, 2.05) is 0 Å². The normalized spacial score (nSPS) is 13.9. The number of benzene rings is 1. The van der Waals surface area contributed by atoms with Crippen LogP contribution in [-0.4, -0.2) is 43.3 Å². The van der Waals surface area contributed by atoms with Crippen LogP contribution in [0.5, 0.6) is 5.75 Å². The highest BCUT2D eigenvalue weighted by Crippen LogP contribution is 2.30. The third-order valence-electron chi connectivity index (χ3n) is 5.40. The van der Waals surface area contributed by atoms with Gasteiger partial charge in [0, 0.05) is 43.0 Å². The van der Waals surface area contributed by atoms with Gasteiger partial charge in [-0.1, -0.05) is 0 Å². The molecule has 0 spiro atoms. The number of ether oxygens (including phenoxy) is 1. The van der Waals surface area contributed by atoms with E-state index in [0.29, 0.717) is 28.9 Å². The van der Waals surface area contributed by atoms with Gasteiger partial charge < -0.3 is 15.4 Å². The van der Waals surface area contributed by atoms with Gasteiger partial charge in [0.05, 0.1) is 11.3 Å². The van der Waals surface area contributed by atoms with E-state index in [1.165, 1.54) is 9.42 Å². The minimum atomic E-state index is -4.94. The van der Waals surface area contributed by atoms with Gasteiger partial charge in [-0.2, -0.15) is 4.98 Å². The summed E-state index contributed by atoms with van der Waals surface area (Å²) in [4.78, 5) is 23.0. The van der Waals surface area contributed by atoms with E-state index in [9.17, 15) is 22.4 Å². The first kappa shape index (κ1) is 21.6. The van der Waals surface area contributed by atoms with Crippen LogP contribution in [-0.2, 0) is 13.0 Å². The summed E-state index contributed by atoms with van der Waals surface area (Å²) < 4.78 is 57.5. The number of rotatable bonds is 4. The largest absolute Gasteiger partial charge is 0.573 e. The smallest absolute Gasteiger partial charge is 0.405 e. The number of carbonyl (C=O) groups is 1. The zero-order valence-electron chi connectivity index (χ0n) is 17.4. The van der Waals surface area contributed by atoms with Crippen LogP contribution >= 0.6 is 0 Å². The molecular weight excluding hydrogens is 456 g/mol. The molecule has 8 nitrogen and oxygen atoms in total. The lowest BCUT2D eigenvalue weighted by Crippen LogP contribution is -2.37. The van der Waals surface area contributed by atoms with E-state index in [2.05, 4.69) is 19.8 Å². The lowest BCUT2D eigenvalue weighted by molar-refractivity contribution is -0.275. The van der Waals surface area contributed by atoms with Crippen molar-refractivity contribution in [3.05, 3.63) is 71.4 Å². The number of hydrogen-bond acceptors (Lipinski definition) is 6. The van der Waals surface area contributed by atoms with Crippen molar-refractivity contribution in [1.29, 1.82) is 0 Å². The van der Waals surface area contributed by atoms with Gasteiger partial charge in [0.1, 0.15) is 11.6 Å². The number of aromatic nitrogens is 4. The predicted octanol–water partition coefficient (Wildman–Crippen LogP) is 3.61. The summed E-state index contributed by atoms with van der Waals surface area (Å²) in [6.45, 7) is -0.0399. The quantitative estimate of drug-likeness (QED) is 0.456. The van der Waals surface area contributed by atoms with Gasteiger partial charge in [0.25, 0.3) is 5.91 Å². The molecule has 12 heteroatoms. The molecule has 0 radical (unpaired) electrons. The van der Waals surface area contributed by atoms with Crippen LogP contribution in [0.1, 0.15) is 21.6 Å². The molecule has 5 rings (SSSR count). The molecule has 4 aromatic rings. The van der Waals surface area contributed by atoms with Gasteiger partial charge in [0.2, 0.25) is 5.95 Å². The molecule has 0 aliphatic carbocycles. The molecule has 1 aliphatic heterocycles. The standard InChI is InChI=1S/C22H16F4N6O2/c23-15-1-2-18(34-22(24,25)26)14(7-15)11-31-5-4-17-16(20(31)33)8-13(10-28-17)12-3-6-32-19(9-12)29-21(27)30-32/h1-3,6-10H,4-5,11H2,(H2,27,30). The molecule has 1 amide bonds. The Bertz CT molecular complexity index is 1420. The van der Waals surface area contributed by atoms with E-state index in [1.54, 1.807) is 30.6 Å². The summed E-state index contributed by atoms with van der Waals surface area (Å²) in [6.07, 6.45) is -1.24. The van der Waals surface area contributed by atoms with Crippen molar-refractivity contribution in [3.8, 4) is 16.9 Å². The maximum Gasteiger partial charge on any atom is 0.573 e. The predicted molar refractivity (Wildman–Crippen MR) is 112 cm³/mol. The lowest BCUT2D eigenvalue weighted by atomic mass is 9.99. The van der Waals surface area contributed by atoms with E-state index >= 15 is 0 Å². The number of alkyl halides is 3. The minimum Gasteiger partial charge on any atom is -0.405 e. The molecule has 174 valence electrons. The van der Waals surface area contributed by atoms with E-state index in [0.717, 1.165) is 23.8 Å². The molecule has 1 aromatic carbocycles. The molecule has 0 saturated heterocycles. The number of carbonyl (C=O) groups excluding carboxylic acids is 1. The highest BCUT2D eigenvalue weighted by atomic mass is 19.4. The Morgan fingerprint density at radius 3 is 2.74 bits per heavy atom. The van der Waals surface area contributed by atoms with Crippen molar-refractivity contribution in [2.24, 2.45) is 0 Å². The fourth-order valence-corrected chi connectivity index (χ4v) is 3.88. The maximum atomic E-state index is 13.8. The number of amides is 1. The number of anilines is 1. The van der Waals surface area contributed by atoms with Crippen molar-refractivity contribution < 1.29 is 27.1 Å². The average molecular weight is 472 g/mol. The monoisotopic (exact) mass is 472 g/mol. The maximum absolute atomic E-state index is 13.8. The topological polar surface area (TPSA) is 98.6 Å². The number of hydrogen-bond donors (Lipinski definition) is 1. The molecular formula is C22H16F4N6O2.